The molecule has 0 saturated heterocycles. The second kappa shape index (κ2) is 12.0. The Bertz CT molecular complexity index is 2700. The van der Waals surface area contributed by atoms with E-state index in [0.717, 1.165) is 44.6 Å². The van der Waals surface area contributed by atoms with Crippen molar-refractivity contribution in [1.82, 2.24) is 0 Å². The molecule has 0 saturated carbocycles. The Kier molecular flexibility index (Phi) is 6.97. The Hall–Kier alpha value is -6.64. The summed E-state index contributed by atoms with van der Waals surface area (Å²) in [5, 5.41) is 2.28. The van der Waals surface area contributed by atoms with Crippen molar-refractivity contribution in [3.8, 4) is 22.3 Å². The lowest BCUT2D eigenvalue weighted by Gasteiger charge is -2.35. The second-order valence-electron chi connectivity index (χ2n) is 13.8. The van der Waals surface area contributed by atoms with Crippen molar-refractivity contribution in [3.05, 3.63) is 222 Å². The van der Waals surface area contributed by atoms with E-state index in [-0.39, 0.29) is 0 Å². The number of nitrogens with zero attached hydrogens (tertiary/aromatic N) is 1. The maximum atomic E-state index is 6.12. The third-order valence-corrected chi connectivity index (χ3v) is 10.8. The fourth-order valence-electron chi connectivity index (χ4n) is 8.49. The van der Waals surface area contributed by atoms with Gasteiger partial charge in [-0.1, -0.05) is 140 Å². The van der Waals surface area contributed by atoms with Gasteiger partial charge in [0, 0.05) is 27.8 Å². The van der Waals surface area contributed by atoms with Crippen LogP contribution in [0.15, 0.2) is 199 Å². The first-order chi connectivity index (χ1) is 25.7. The Labute approximate surface area is 303 Å². The molecule has 8 aromatic carbocycles. The van der Waals surface area contributed by atoms with Gasteiger partial charge in [-0.05, 0) is 112 Å². The van der Waals surface area contributed by atoms with Crippen molar-refractivity contribution in [2.45, 2.75) is 12.3 Å². The van der Waals surface area contributed by atoms with Crippen molar-refractivity contribution >= 4 is 39.0 Å². The van der Waals surface area contributed by atoms with E-state index in [2.05, 4.69) is 194 Å². The summed E-state index contributed by atoms with van der Waals surface area (Å²) in [7, 11) is 0. The molecular formula is C50H35NO. The number of benzene rings is 8. The van der Waals surface area contributed by atoms with Crippen LogP contribution in [0.2, 0.25) is 0 Å². The minimum atomic E-state index is -0.470. The lowest BCUT2D eigenvalue weighted by molar-refractivity contribution is 0.669. The molecule has 0 amide bonds. The van der Waals surface area contributed by atoms with Gasteiger partial charge < -0.3 is 9.32 Å². The summed E-state index contributed by atoms with van der Waals surface area (Å²) in [6.45, 7) is 2.16. The highest BCUT2D eigenvalue weighted by Gasteiger charge is 2.46. The first-order valence-corrected chi connectivity index (χ1v) is 17.9. The molecule has 1 aliphatic rings. The first kappa shape index (κ1) is 30.2. The van der Waals surface area contributed by atoms with Crippen molar-refractivity contribution in [2.24, 2.45) is 0 Å². The fourth-order valence-corrected chi connectivity index (χ4v) is 8.49. The molecule has 52 heavy (non-hydrogen) atoms. The molecule has 0 atom stereocenters. The highest BCUT2D eigenvalue weighted by molar-refractivity contribution is 6.06. The number of rotatable bonds is 6. The van der Waals surface area contributed by atoms with Crippen LogP contribution in [0.4, 0.5) is 17.1 Å². The van der Waals surface area contributed by atoms with Crippen molar-refractivity contribution < 1.29 is 4.42 Å². The molecule has 10 rings (SSSR count). The number of aryl methyl sites for hydroxylation is 1. The molecule has 2 heteroatoms. The maximum Gasteiger partial charge on any atom is 0.135 e. The molecule has 2 nitrogen and oxygen atoms in total. The number of para-hydroxylation sites is 1. The number of fused-ring (bicyclic) bond motifs is 6. The summed E-state index contributed by atoms with van der Waals surface area (Å²) in [5.74, 6) is 0. The van der Waals surface area contributed by atoms with Gasteiger partial charge in [-0.3, -0.25) is 0 Å². The summed E-state index contributed by atoms with van der Waals surface area (Å²) in [5.41, 5.74) is 15.9. The van der Waals surface area contributed by atoms with Crippen LogP contribution in [-0.2, 0) is 5.41 Å². The predicted molar refractivity (Wildman–Crippen MR) is 216 cm³/mol. The molecule has 0 bridgehead atoms. The van der Waals surface area contributed by atoms with Gasteiger partial charge in [0.25, 0.3) is 0 Å². The zero-order chi connectivity index (χ0) is 34.6. The summed E-state index contributed by atoms with van der Waals surface area (Å²) in [4.78, 5) is 2.40. The van der Waals surface area contributed by atoms with E-state index in [4.69, 9.17) is 4.42 Å². The highest BCUT2D eigenvalue weighted by atomic mass is 16.3. The third-order valence-electron chi connectivity index (χ3n) is 10.8. The van der Waals surface area contributed by atoms with Crippen LogP contribution in [0.1, 0.15) is 27.8 Å². The lowest BCUT2D eigenvalue weighted by Crippen LogP contribution is -2.28. The van der Waals surface area contributed by atoms with Gasteiger partial charge >= 0.3 is 0 Å². The minimum Gasteiger partial charge on any atom is -0.456 e. The second-order valence-corrected chi connectivity index (χ2v) is 13.8. The topological polar surface area (TPSA) is 16.4 Å². The van der Waals surface area contributed by atoms with Crippen LogP contribution in [0.25, 0.3) is 44.2 Å². The van der Waals surface area contributed by atoms with E-state index < -0.39 is 5.41 Å². The molecule has 1 aliphatic carbocycles. The first-order valence-electron chi connectivity index (χ1n) is 17.9. The molecule has 9 aromatic rings. The van der Waals surface area contributed by atoms with E-state index in [9.17, 15) is 0 Å². The molecule has 246 valence electrons. The summed E-state index contributed by atoms with van der Waals surface area (Å²) < 4.78 is 6.12. The van der Waals surface area contributed by atoms with Crippen LogP contribution in [0.3, 0.4) is 0 Å². The van der Waals surface area contributed by atoms with Gasteiger partial charge in [0.05, 0.1) is 5.41 Å². The predicted octanol–water partition coefficient (Wildman–Crippen LogP) is 13.4. The van der Waals surface area contributed by atoms with Crippen molar-refractivity contribution in [3.63, 3.8) is 0 Å². The van der Waals surface area contributed by atoms with Crippen molar-refractivity contribution in [2.75, 3.05) is 4.90 Å². The fraction of sp³-hybridized carbons (Fsp3) is 0.0400. The zero-order valence-corrected chi connectivity index (χ0v) is 28.8. The number of hydrogen-bond donors (Lipinski definition) is 0. The third kappa shape index (κ3) is 4.65. The van der Waals surface area contributed by atoms with E-state index in [0.29, 0.717) is 0 Å². The number of furan rings is 1. The highest BCUT2D eigenvalue weighted by Crippen LogP contribution is 2.57. The zero-order valence-electron chi connectivity index (χ0n) is 28.8. The van der Waals surface area contributed by atoms with Crippen LogP contribution in [0, 0.1) is 6.92 Å². The van der Waals surface area contributed by atoms with Crippen molar-refractivity contribution in [1.29, 1.82) is 0 Å². The lowest BCUT2D eigenvalue weighted by atomic mass is 9.67. The molecular weight excluding hydrogens is 631 g/mol. The molecule has 0 fully saturated rings. The molecule has 0 N–H and O–H groups in total. The SMILES string of the molecule is Cc1cccc(N(c2ccc(-c3ccc4oc5ccccc5c4c3)cc2)c2ccc3c(c2)C(c2ccccc2)(c2ccccc2)c2ccccc2-3)c1. The standard InChI is InChI=1S/C50H35NO/c1-34-13-12-18-40(31-34)51(39-26-23-35(24-27-39)36-25-30-49-45(32-36)44-20-9-11-22-48(44)52-49)41-28-29-43-42-19-8-10-21-46(42)50(47(43)33-41,37-14-4-2-5-15-37)38-16-6-3-7-17-38/h2-33H,1H3. The summed E-state index contributed by atoms with van der Waals surface area (Å²) in [6, 6.07) is 70.5. The Balaban J connectivity index is 1.15. The quantitative estimate of drug-likeness (QED) is 0.176. The monoisotopic (exact) mass is 665 g/mol. The molecule has 0 radical (unpaired) electrons. The minimum absolute atomic E-state index is 0.470. The van der Waals surface area contributed by atoms with Gasteiger partial charge in [-0.2, -0.15) is 0 Å². The molecule has 0 aliphatic heterocycles. The van der Waals surface area contributed by atoms with E-state index in [1.807, 2.05) is 12.1 Å². The van der Waals surface area contributed by atoms with Gasteiger partial charge in [0.2, 0.25) is 0 Å². The average Bonchev–Trinajstić information content (AvgIpc) is 3.72. The summed E-state index contributed by atoms with van der Waals surface area (Å²) >= 11 is 0. The van der Waals surface area contributed by atoms with Gasteiger partial charge in [0.1, 0.15) is 11.2 Å². The number of hydrogen-bond acceptors (Lipinski definition) is 2. The normalized spacial score (nSPS) is 12.9. The molecule has 0 spiro atoms. The van der Waals surface area contributed by atoms with E-state index in [1.54, 1.807) is 0 Å². The van der Waals surface area contributed by atoms with Gasteiger partial charge in [-0.15, -0.1) is 0 Å². The average molecular weight is 666 g/mol. The maximum absolute atomic E-state index is 6.12. The Morgan fingerprint density at radius 3 is 1.79 bits per heavy atom. The summed E-state index contributed by atoms with van der Waals surface area (Å²) in [6.07, 6.45) is 0. The molecule has 1 heterocycles. The van der Waals surface area contributed by atoms with Crippen LogP contribution < -0.4 is 4.90 Å². The smallest absolute Gasteiger partial charge is 0.135 e. The van der Waals surface area contributed by atoms with Gasteiger partial charge in [0.15, 0.2) is 0 Å². The van der Waals surface area contributed by atoms with Crippen LogP contribution >= 0.6 is 0 Å². The Morgan fingerprint density at radius 2 is 1.02 bits per heavy atom. The van der Waals surface area contributed by atoms with Gasteiger partial charge in [-0.25, -0.2) is 0 Å². The van der Waals surface area contributed by atoms with E-state index >= 15 is 0 Å². The molecule has 1 aromatic heterocycles. The molecule has 0 unspecified atom stereocenters. The van der Waals surface area contributed by atoms with E-state index in [1.165, 1.54) is 44.5 Å². The largest absolute Gasteiger partial charge is 0.456 e. The number of anilines is 3. The van der Waals surface area contributed by atoms with Crippen LogP contribution in [-0.4, -0.2) is 0 Å². The van der Waals surface area contributed by atoms with Crippen LogP contribution in [0.5, 0.6) is 0 Å². The Morgan fingerprint density at radius 1 is 0.404 bits per heavy atom.